The van der Waals surface area contributed by atoms with Gasteiger partial charge in [0.1, 0.15) is 0 Å². The summed E-state index contributed by atoms with van der Waals surface area (Å²) in [5.41, 5.74) is 0.698. The monoisotopic (exact) mass is 283 g/mol. The fourth-order valence-corrected chi connectivity index (χ4v) is 3.40. The summed E-state index contributed by atoms with van der Waals surface area (Å²) in [5.74, 6) is 0.562. The quantitative estimate of drug-likeness (QED) is 0.901. The molecule has 0 radical (unpaired) electrons. The van der Waals surface area contributed by atoms with Gasteiger partial charge in [0, 0.05) is 19.1 Å². The minimum atomic E-state index is -3.18. The highest BCUT2D eigenvalue weighted by atomic mass is 32.2. The van der Waals surface area contributed by atoms with Crippen LogP contribution in [-0.4, -0.2) is 33.4 Å². The molecule has 0 aliphatic carbocycles. The summed E-state index contributed by atoms with van der Waals surface area (Å²) in [5, 5.41) is 3.27. The summed E-state index contributed by atoms with van der Waals surface area (Å²) >= 11 is 0. The van der Waals surface area contributed by atoms with Crippen LogP contribution in [0, 0.1) is 5.92 Å². The second-order valence-corrected chi connectivity index (χ2v) is 7.15. The molecule has 1 aromatic carbocycles. The minimum Gasteiger partial charge on any atom is -0.384 e. The largest absolute Gasteiger partial charge is 0.384 e. The fourth-order valence-electron chi connectivity index (χ4n) is 2.32. The molecule has 2 rings (SSSR count). The van der Waals surface area contributed by atoms with Gasteiger partial charge in [-0.25, -0.2) is 8.42 Å². The summed E-state index contributed by atoms with van der Waals surface area (Å²) in [4.78, 5) is 0.393. The zero-order valence-corrected chi connectivity index (χ0v) is 12.2. The van der Waals surface area contributed by atoms with Gasteiger partial charge < -0.3 is 10.1 Å². The third kappa shape index (κ3) is 3.28. The van der Waals surface area contributed by atoms with Gasteiger partial charge in [-0.1, -0.05) is 19.1 Å². The third-order valence-electron chi connectivity index (χ3n) is 3.69. The number of rotatable bonds is 5. The van der Waals surface area contributed by atoms with Gasteiger partial charge >= 0.3 is 0 Å². The van der Waals surface area contributed by atoms with Gasteiger partial charge in [0.15, 0.2) is 9.84 Å². The molecular formula is C14H21NO3S. The van der Waals surface area contributed by atoms with Crippen molar-refractivity contribution in [3.63, 3.8) is 0 Å². The Kier molecular flexibility index (Phi) is 4.47. The van der Waals surface area contributed by atoms with E-state index < -0.39 is 9.84 Å². The highest BCUT2D eigenvalue weighted by Crippen LogP contribution is 2.25. The molecule has 0 spiro atoms. The van der Waals surface area contributed by atoms with E-state index in [0.29, 0.717) is 16.5 Å². The lowest BCUT2D eigenvalue weighted by Gasteiger charge is -2.17. The number of sulfone groups is 1. The lowest BCUT2D eigenvalue weighted by molar-refractivity contribution is 0.108. The van der Waals surface area contributed by atoms with Gasteiger partial charge in [0.05, 0.1) is 22.4 Å². The molecule has 2 unspecified atom stereocenters. The van der Waals surface area contributed by atoms with Crippen LogP contribution >= 0.6 is 0 Å². The van der Waals surface area contributed by atoms with Crippen LogP contribution in [0.15, 0.2) is 29.2 Å². The van der Waals surface area contributed by atoms with Gasteiger partial charge in [-0.15, -0.1) is 0 Å². The van der Waals surface area contributed by atoms with E-state index in [1.165, 1.54) is 0 Å². The predicted molar refractivity (Wildman–Crippen MR) is 76.2 cm³/mol. The summed E-state index contributed by atoms with van der Waals surface area (Å²) in [6.45, 7) is 5.27. The van der Waals surface area contributed by atoms with E-state index >= 15 is 0 Å². The normalized spacial score (nSPS) is 23.5. The average Bonchev–Trinajstić information content (AvgIpc) is 2.82. The highest BCUT2D eigenvalue weighted by Gasteiger charge is 2.24. The van der Waals surface area contributed by atoms with Crippen LogP contribution in [0.2, 0.25) is 0 Å². The van der Waals surface area contributed by atoms with E-state index in [2.05, 4.69) is 12.2 Å². The lowest BCUT2D eigenvalue weighted by atomic mass is 10.0. The Balaban J connectivity index is 2.12. The molecule has 4 nitrogen and oxygen atoms in total. The third-order valence-corrected chi connectivity index (χ3v) is 5.48. The molecule has 1 fully saturated rings. The molecular weight excluding hydrogens is 262 g/mol. The fraction of sp³-hybridized carbons (Fsp3) is 0.571. The average molecular weight is 283 g/mol. The Morgan fingerprint density at radius 3 is 2.74 bits per heavy atom. The van der Waals surface area contributed by atoms with Crippen molar-refractivity contribution in [3.8, 4) is 0 Å². The van der Waals surface area contributed by atoms with Crippen molar-refractivity contribution in [1.82, 2.24) is 0 Å². The van der Waals surface area contributed by atoms with Crippen molar-refractivity contribution in [2.75, 3.05) is 24.2 Å². The van der Waals surface area contributed by atoms with Crippen molar-refractivity contribution in [1.29, 1.82) is 0 Å². The van der Waals surface area contributed by atoms with Crippen LogP contribution in [0.3, 0.4) is 0 Å². The van der Waals surface area contributed by atoms with Crippen LogP contribution < -0.4 is 5.32 Å². The number of benzene rings is 1. The molecule has 19 heavy (non-hydrogen) atoms. The Morgan fingerprint density at radius 2 is 2.11 bits per heavy atom. The molecule has 1 aliphatic heterocycles. The first kappa shape index (κ1) is 14.3. The molecule has 0 bridgehead atoms. The zero-order chi connectivity index (χ0) is 13.9. The SMILES string of the molecule is CCS(=O)(=O)c1ccccc1NCC1CCOC1C. The Morgan fingerprint density at radius 1 is 1.37 bits per heavy atom. The van der Waals surface area contributed by atoms with Crippen LogP contribution in [0.4, 0.5) is 5.69 Å². The Labute approximate surface area is 115 Å². The van der Waals surface area contributed by atoms with Crippen molar-refractivity contribution in [2.45, 2.75) is 31.3 Å². The summed E-state index contributed by atoms with van der Waals surface area (Å²) in [7, 11) is -3.18. The maximum atomic E-state index is 12.0. The van der Waals surface area contributed by atoms with Crippen molar-refractivity contribution < 1.29 is 13.2 Å². The number of anilines is 1. The second kappa shape index (κ2) is 5.92. The molecule has 1 N–H and O–H groups in total. The maximum Gasteiger partial charge on any atom is 0.180 e. The molecule has 0 aromatic heterocycles. The molecule has 0 saturated carbocycles. The number of nitrogens with one attached hydrogen (secondary N) is 1. The highest BCUT2D eigenvalue weighted by molar-refractivity contribution is 7.91. The number of ether oxygens (including phenoxy) is 1. The first-order chi connectivity index (χ1) is 9.04. The van der Waals surface area contributed by atoms with Gasteiger partial charge in [-0.05, 0) is 25.5 Å². The van der Waals surface area contributed by atoms with Gasteiger partial charge in [-0.3, -0.25) is 0 Å². The first-order valence-corrected chi connectivity index (χ1v) is 8.37. The van der Waals surface area contributed by atoms with E-state index in [1.54, 1.807) is 19.1 Å². The van der Waals surface area contributed by atoms with Crippen molar-refractivity contribution in [2.24, 2.45) is 5.92 Å². The number of hydrogen-bond acceptors (Lipinski definition) is 4. The Hall–Kier alpha value is -1.07. The molecule has 1 saturated heterocycles. The zero-order valence-electron chi connectivity index (χ0n) is 11.4. The van der Waals surface area contributed by atoms with E-state index in [0.717, 1.165) is 19.6 Å². The molecule has 1 heterocycles. The summed E-state index contributed by atoms with van der Waals surface area (Å²) < 4.78 is 29.5. The van der Waals surface area contributed by atoms with E-state index in [-0.39, 0.29) is 11.9 Å². The number of para-hydroxylation sites is 1. The van der Waals surface area contributed by atoms with E-state index in [4.69, 9.17) is 4.74 Å². The van der Waals surface area contributed by atoms with E-state index in [1.807, 2.05) is 12.1 Å². The van der Waals surface area contributed by atoms with Gasteiger partial charge in [0.2, 0.25) is 0 Å². The molecule has 0 amide bonds. The van der Waals surface area contributed by atoms with Crippen molar-refractivity contribution >= 4 is 15.5 Å². The molecule has 2 atom stereocenters. The van der Waals surface area contributed by atoms with Crippen LogP contribution in [0.5, 0.6) is 0 Å². The topological polar surface area (TPSA) is 55.4 Å². The summed E-state index contributed by atoms with van der Waals surface area (Å²) in [6, 6.07) is 7.10. The number of hydrogen-bond donors (Lipinski definition) is 1. The molecule has 5 heteroatoms. The second-order valence-electron chi connectivity index (χ2n) is 4.91. The minimum absolute atomic E-state index is 0.120. The van der Waals surface area contributed by atoms with Crippen LogP contribution in [0.25, 0.3) is 0 Å². The van der Waals surface area contributed by atoms with Crippen LogP contribution in [0.1, 0.15) is 20.3 Å². The van der Waals surface area contributed by atoms with Gasteiger partial charge in [0.25, 0.3) is 0 Å². The molecule has 106 valence electrons. The van der Waals surface area contributed by atoms with Crippen molar-refractivity contribution in [3.05, 3.63) is 24.3 Å². The molecule has 1 aromatic rings. The maximum absolute atomic E-state index is 12.0. The molecule has 1 aliphatic rings. The lowest BCUT2D eigenvalue weighted by Crippen LogP contribution is -2.21. The Bertz CT molecular complexity index is 527. The standard InChI is InChI=1S/C14H21NO3S/c1-3-19(16,17)14-7-5-4-6-13(14)15-10-12-8-9-18-11(12)2/h4-7,11-12,15H,3,8-10H2,1-2H3. The smallest absolute Gasteiger partial charge is 0.180 e. The van der Waals surface area contributed by atoms with E-state index in [9.17, 15) is 8.42 Å². The van der Waals surface area contributed by atoms with Crippen LogP contribution in [-0.2, 0) is 14.6 Å². The summed E-state index contributed by atoms with van der Waals surface area (Å²) in [6.07, 6.45) is 1.26. The first-order valence-electron chi connectivity index (χ1n) is 6.72. The van der Waals surface area contributed by atoms with Gasteiger partial charge in [-0.2, -0.15) is 0 Å². The predicted octanol–water partition coefficient (Wildman–Crippen LogP) is 2.32.